The maximum atomic E-state index is 5.09. The summed E-state index contributed by atoms with van der Waals surface area (Å²) < 4.78 is 7.09. The SMILES string of the molecule is COc1ccc(/C=C/C=C/C=[N+](C)C)cc1. The van der Waals surface area contributed by atoms with Gasteiger partial charge in [-0.25, -0.2) is 4.58 Å². The molecule has 0 aliphatic carbocycles. The highest BCUT2D eigenvalue weighted by Crippen LogP contribution is 2.12. The van der Waals surface area contributed by atoms with Gasteiger partial charge >= 0.3 is 0 Å². The molecule has 0 radical (unpaired) electrons. The Hall–Kier alpha value is -1.83. The van der Waals surface area contributed by atoms with Crippen molar-refractivity contribution in [2.24, 2.45) is 0 Å². The molecule has 0 N–H and O–H groups in total. The fourth-order valence-corrected chi connectivity index (χ4v) is 1.17. The molecule has 2 nitrogen and oxygen atoms in total. The number of ether oxygens (including phenoxy) is 1. The van der Waals surface area contributed by atoms with Gasteiger partial charge in [-0.05, 0) is 17.7 Å². The molecular formula is C14H18NO+. The van der Waals surface area contributed by atoms with Gasteiger partial charge in [0.2, 0.25) is 0 Å². The van der Waals surface area contributed by atoms with Crippen molar-refractivity contribution in [1.29, 1.82) is 0 Å². The van der Waals surface area contributed by atoms with Crippen LogP contribution in [-0.4, -0.2) is 32.0 Å². The Morgan fingerprint density at radius 1 is 1.00 bits per heavy atom. The molecule has 0 saturated carbocycles. The molecule has 0 atom stereocenters. The first-order valence-electron chi connectivity index (χ1n) is 5.21. The number of hydrogen-bond acceptors (Lipinski definition) is 1. The molecule has 0 unspecified atom stereocenters. The van der Waals surface area contributed by atoms with Crippen molar-refractivity contribution < 1.29 is 9.31 Å². The topological polar surface area (TPSA) is 12.2 Å². The van der Waals surface area contributed by atoms with Crippen LogP contribution >= 0.6 is 0 Å². The number of benzene rings is 1. The zero-order valence-corrected chi connectivity index (χ0v) is 10.1. The van der Waals surface area contributed by atoms with Crippen LogP contribution in [0, 0.1) is 0 Å². The predicted octanol–water partition coefficient (Wildman–Crippen LogP) is 2.61. The summed E-state index contributed by atoms with van der Waals surface area (Å²) in [5.74, 6) is 0.883. The van der Waals surface area contributed by atoms with E-state index in [1.807, 2.05) is 67.4 Å². The van der Waals surface area contributed by atoms with E-state index in [-0.39, 0.29) is 0 Å². The average molecular weight is 216 g/mol. The molecule has 0 aromatic heterocycles. The Morgan fingerprint density at radius 3 is 2.25 bits per heavy atom. The van der Waals surface area contributed by atoms with E-state index < -0.39 is 0 Å². The van der Waals surface area contributed by atoms with E-state index in [0.717, 1.165) is 11.3 Å². The van der Waals surface area contributed by atoms with Gasteiger partial charge in [0.05, 0.1) is 7.11 Å². The van der Waals surface area contributed by atoms with Gasteiger partial charge in [-0.1, -0.05) is 30.4 Å². The van der Waals surface area contributed by atoms with E-state index >= 15 is 0 Å². The minimum Gasteiger partial charge on any atom is -0.497 e. The summed E-state index contributed by atoms with van der Waals surface area (Å²) in [5, 5.41) is 0. The fraction of sp³-hybridized carbons (Fsp3) is 0.214. The van der Waals surface area contributed by atoms with Crippen LogP contribution < -0.4 is 4.74 Å². The summed E-state index contributed by atoms with van der Waals surface area (Å²) >= 11 is 0. The van der Waals surface area contributed by atoms with Gasteiger partial charge in [0.15, 0.2) is 6.21 Å². The zero-order chi connectivity index (χ0) is 11.8. The Kier molecular flexibility index (Phi) is 5.06. The van der Waals surface area contributed by atoms with Gasteiger partial charge < -0.3 is 4.74 Å². The molecule has 0 bridgehead atoms. The van der Waals surface area contributed by atoms with E-state index in [1.54, 1.807) is 7.11 Å². The van der Waals surface area contributed by atoms with Crippen LogP contribution in [0.4, 0.5) is 0 Å². The van der Waals surface area contributed by atoms with Crippen molar-refractivity contribution in [2.75, 3.05) is 21.2 Å². The van der Waals surface area contributed by atoms with Crippen LogP contribution in [0.2, 0.25) is 0 Å². The molecule has 84 valence electrons. The third kappa shape index (κ3) is 4.60. The van der Waals surface area contributed by atoms with Gasteiger partial charge in [-0.2, -0.15) is 0 Å². The summed E-state index contributed by atoms with van der Waals surface area (Å²) in [6.45, 7) is 0. The molecule has 0 aliphatic heterocycles. The molecule has 0 fully saturated rings. The number of rotatable bonds is 4. The highest BCUT2D eigenvalue weighted by Gasteiger charge is 1.88. The largest absolute Gasteiger partial charge is 0.497 e. The van der Waals surface area contributed by atoms with Crippen molar-refractivity contribution in [3.8, 4) is 5.75 Å². The first-order valence-corrected chi connectivity index (χ1v) is 5.21. The third-order valence-corrected chi connectivity index (χ3v) is 2.01. The second-order valence-corrected chi connectivity index (χ2v) is 3.63. The lowest BCUT2D eigenvalue weighted by Crippen LogP contribution is -1.94. The third-order valence-electron chi connectivity index (χ3n) is 2.01. The smallest absolute Gasteiger partial charge is 0.162 e. The van der Waals surface area contributed by atoms with Gasteiger partial charge in [0.25, 0.3) is 0 Å². The lowest BCUT2D eigenvalue weighted by Gasteiger charge is -1.98. The summed E-state index contributed by atoms with van der Waals surface area (Å²) in [6.07, 6.45) is 10.1. The molecule has 16 heavy (non-hydrogen) atoms. The Labute approximate surface area is 97.2 Å². The molecule has 0 amide bonds. The van der Waals surface area contributed by atoms with Crippen molar-refractivity contribution >= 4 is 12.3 Å². The number of allylic oxidation sites excluding steroid dienone is 3. The lowest BCUT2D eigenvalue weighted by atomic mass is 10.2. The molecule has 1 rings (SSSR count). The lowest BCUT2D eigenvalue weighted by molar-refractivity contribution is -0.458. The molecule has 2 heteroatoms. The molecule has 1 aromatic rings. The summed E-state index contributed by atoms with van der Waals surface area (Å²) in [5.41, 5.74) is 1.16. The predicted molar refractivity (Wildman–Crippen MR) is 69.3 cm³/mol. The van der Waals surface area contributed by atoms with Gasteiger partial charge in [0, 0.05) is 6.08 Å². The van der Waals surface area contributed by atoms with Crippen LogP contribution in [0.1, 0.15) is 5.56 Å². The quantitative estimate of drug-likeness (QED) is 0.428. The second-order valence-electron chi connectivity index (χ2n) is 3.63. The van der Waals surface area contributed by atoms with Crippen molar-refractivity contribution in [1.82, 2.24) is 0 Å². The van der Waals surface area contributed by atoms with E-state index in [4.69, 9.17) is 4.74 Å². The second kappa shape index (κ2) is 6.62. The van der Waals surface area contributed by atoms with Crippen LogP contribution in [-0.2, 0) is 0 Å². The fourth-order valence-electron chi connectivity index (χ4n) is 1.17. The minimum atomic E-state index is 0.883. The van der Waals surface area contributed by atoms with Crippen LogP contribution in [0.5, 0.6) is 5.75 Å². The maximum Gasteiger partial charge on any atom is 0.162 e. The number of methoxy groups -OCH3 is 1. The average Bonchev–Trinajstić information content (AvgIpc) is 2.29. The molecule has 0 heterocycles. The normalized spacial score (nSPS) is 10.9. The van der Waals surface area contributed by atoms with Crippen LogP contribution in [0.15, 0.2) is 42.5 Å². The Morgan fingerprint density at radius 2 is 1.69 bits per heavy atom. The van der Waals surface area contributed by atoms with Crippen molar-refractivity contribution in [2.45, 2.75) is 0 Å². The monoisotopic (exact) mass is 216 g/mol. The zero-order valence-electron chi connectivity index (χ0n) is 10.1. The highest BCUT2D eigenvalue weighted by atomic mass is 16.5. The first kappa shape index (κ1) is 12.2. The minimum absolute atomic E-state index is 0.883. The molecule has 0 aliphatic rings. The van der Waals surface area contributed by atoms with Crippen molar-refractivity contribution in [3.05, 3.63) is 48.1 Å². The standard InChI is InChI=1S/C14H18NO/c1-15(2)12-6-4-5-7-13-8-10-14(16-3)11-9-13/h4-12H,1-3H3/q+1/b6-4+,7-5+. The van der Waals surface area contributed by atoms with Gasteiger partial charge in [-0.15, -0.1) is 0 Å². The molecule has 0 spiro atoms. The highest BCUT2D eigenvalue weighted by molar-refractivity contribution is 5.67. The van der Waals surface area contributed by atoms with Crippen LogP contribution in [0.3, 0.4) is 0 Å². The van der Waals surface area contributed by atoms with E-state index in [9.17, 15) is 0 Å². The molecule has 0 saturated heterocycles. The molecule has 1 aromatic carbocycles. The van der Waals surface area contributed by atoms with E-state index in [1.165, 1.54) is 0 Å². The summed E-state index contributed by atoms with van der Waals surface area (Å²) in [6, 6.07) is 7.96. The number of nitrogens with zero attached hydrogens (tertiary/aromatic N) is 1. The van der Waals surface area contributed by atoms with Gasteiger partial charge in [-0.3, -0.25) is 0 Å². The van der Waals surface area contributed by atoms with E-state index in [0.29, 0.717) is 0 Å². The number of hydrogen-bond donors (Lipinski definition) is 0. The first-order chi connectivity index (χ1) is 7.72. The summed E-state index contributed by atoms with van der Waals surface area (Å²) in [4.78, 5) is 0. The summed E-state index contributed by atoms with van der Waals surface area (Å²) in [7, 11) is 5.67. The Bertz CT molecular complexity index is 395. The van der Waals surface area contributed by atoms with Gasteiger partial charge in [0.1, 0.15) is 19.8 Å². The van der Waals surface area contributed by atoms with Crippen molar-refractivity contribution in [3.63, 3.8) is 0 Å². The Balaban J connectivity index is 2.56. The van der Waals surface area contributed by atoms with E-state index in [2.05, 4.69) is 6.08 Å². The maximum absolute atomic E-state index is 5.09. The molecular weight excluding hydrogens is 198 g/mol. The van der Waals surface area contributed by atoms with Crippen LogP contribution in [0.25, 0.3) is 6.08 Å².